The van der Waals surface area contributed by atoms with Crippen molar-refractivity contribution in [1.29, 1.82) is 0 Å². The van der Waals surface area contributed by atoms with Gasteiger partial charge in [0.05, 0.1) is 12.8 Å². The van der Waals surface area contributed by atoms with Gasteiger partial charge in [0.15, 0.2) is 0 Å². The second-order valence-corrected chi connectivity index (χ2v) is 6.60. The maximum Gasteiger partial charge on any atom is 0.350 e. The molecule has 1 aliphatic rings. The smallest absolute Gasteiger partial charge is 0.350 e. The molecule has 7 nitrogen and oxygen atoms in total. The molecule has 0 saturated carbocycles. The van der Waals surface area contributed by atoms with Crippen molar-refractivity contribution >= 4 is 40.5 Å². The van der Waals surface area contributed by atoms with Gasteiger partial charge in [-0.15, -0.1) is 11.3 Å². The Morgan fingerprint density at radius 3 is 2.81 bits per heavy atom. The molecule has 1 aromatic heterocycles. The number of methoxy groups -OCH3 is 1. The van der Waals surface area contributed by atoms with Crippen LogP contribution in [0.5, 0.6) is 0 Å². The van der Waals surface area contributed by atoms with Crippen molar-refractivity contribution < 1.29 is 23.9 Å². The van der Waals surface area contributed by atoms with Crippen LogP contribution in [-0.4, -0.2) is 37.6 Å². The van der Waals surface area contributed by atoms with Gasteiger partial charge in [-0.25, -0.2) is 4.79 Å². The minimum atomic E-state index is -0.507. The van der Waals surface area contributed by atoms with E-state index in [1.807, 2.05) is 0 Å². The Balaban J connectivity index is 1.69. The van der Waals surface area contributed by atoms with E-state index in [1.54, 1.807) is 35.7 Å². The molecule has 3 rings (SSSR count). The van der Waals surface area contributed by atoms with Gasteiger partial charge in [0.1, 0.15) is 11.0 Å². The number of carbonyl (C=O) groups excluding carboxylic acids is 3. The Kier molecular flexibility index (Phi) is 5.65. The second-order valence-electron chi connectivity index (χ2n) is 5.68. The van der Waals surface area contributed by atoms with Crippen LogP contribution in [0.4, 0.5) is 11.4 Å². The Labute approximate surface area is 154 Å². The van der Waals surface area contributed by atoms with E-state index < -0.39 is 12.1 Å². The first-order valence-corrected chi connectivity index (χ1v) is 8.96. The van der Waals surface area contributed by atoms with Crippen molar-refractivity contribution in [3.63, 3.8) is 0 Å². The average Bonchev–Trinajstić information content (AvgIpc) is 3.33. The third kappa shape index (κ3) is 4.09. The molecule has 1 atom stereocenters. The van der Waals surface area contributed by atoms with Crippen LogP contribution >= 0.6 is 11.3 Å². The van der Waals surface area contributed by atoms with Gasteiger partial charge < -0.3 is 20.1 Å². The minimum Gasteiger partial charge on any atom is -0.465 e. The van der Waals surface area contributed by atoms with E-state index in [-0.39, 0.29) is 11.8 Å². The summed E-state index contributed by atoms with van der Waals surface area (Å²) >= 11 is 1.18. The largest absolute Gasteiger partial charge is 0.465 e. The van der Waals surface area contributed by atoms with E-state index in [4.69, 9.17) is 9.47 Å². The monoisotopic (exact) mass is 374 g/mol. The van der Waals surface area contributed by atoms with Gasteiger partial charge in [-0.1, -0.05) is 6.07 Å². The SMILES string of the molecule is COC(=O)c1sccc1NC(=O)c1cccc(NC(=O)[C@@H]2CCCO2)c1. The zero-order valence-electron chi connectivity index (χ0n) is 14.1. The van der Waals surface area contributed by atoms with Crippen LogP contribution in [-0.2, 0) is 14.3 Å². The van der Waals surface area contributed by atoms with E-state index in [2.05, 4.69) is 10.6 Å². The molecule has 2 N–H and O–H groups in total. The molecule has 1 fully saturated rings. The van der Waals surface area contributed by atoms with Gasteiger partial charge in [0, 0.05) is 17.9 Å². The second kappa shape index (κ2) is 8.11. The van der Waals surface area contributed by atoms with Crippen molar-refractivity contribution in [2.24, 2.45) is 0 Å². The molecule has 1 aromatic carbocycles. The summed E-state index contributed by atoms with van der Waals surface area (Å²) in [6.45, 7) is 0.587. The van der Waals surface area contributed by atoms with Gasteiger partial charge in [0.25, 0.3) is 11.8 Å². The van der Waals surface area contributed by atoms with Crippen LogP contribution in [0.25, 0.3) is 0 Å². The van der Waals surface area contributed by atoms with Crippen LogP contribution in [0.15, 0.2) is 35.7 Å². The number of rotatable bonds is 5. The predicted octanol–water partition coefficient (Wildman–Crippen LogP) is 2.90. The maximum absolute atomic E-state index is 12.5. The molecule has 8 heteroatoms. The van der Waals surface area contributed by atoms with E-state index in [9.17, 15) is 14.4 Å². The van der Waals surface area contributed by atoms with Crippen LogP contribution in [0, 0.1) is 0 Å². The maximum atomic E-state index is 12.5. The van der Waals surface area contributed by atoms with Crippen LogP contribution < -0.4 is 10.6 Å². The topological polar surface area (TPSA) is 93.7 Å². The molecule has 0 radical (unpaired) electrons. The summed E-state index contributed by atoms with van der Waals surface area (Å²) in [4.78, 5) is 36.6. The van der Waals surface area contributed by atoms with Crippen molar-refractivity contribution in [3.05, 3.63) is 46.2 Å². The van der Waals surface area contributed by atoms with Crippen LogP contribution in [0.2, 0.25) is 0 Å². The molecule has 2 amide bonds. The van der Waals surface area contributed by atoms with E-state index in [0.717, 1.165) is 6.42 Å². The number of hydrogen-bond donors (Lipinski definition) is 2. The molecular weight excluding hydrogens is 356 g/mol. The third-order valence-electron chi connectivity index (χ3n) is 3.90. The Bertz CT molecular complexity index is 826. The van der Waals surface area contributed by atoms with Crippen molar-refractivity contribution in [2.45, 2.75) is 18.9 Å². The summed E-state index contributed by atoms with van der Waals surface area (Å²) in [7, 11) is 1.29. The van der Waals surface area contributed by atoms with Crippen molar-refractivity contribution in [3.8, 4) is 0 Å². The fourth-order valence-electron chi connectivity index (χ4n) is 2.60. The molecule has 0 spiro atoms. The first kappa shape index (κ1) is 18.1. The number of nitrogens with one attached hydrogen (secondary N) is 2. The lowest BCUT2D eigenvalue weighted by Crippen LogP contribution is -2.27. The van der Waals surface area contributed by atoms with Crippen LogP contribution in [0.1, 0.15) is 32.9 Å². The molecule has 2 aromatic rings. The van der Waals surface area contributed by atoms with E-state index in [0.29, 0.717) is 34.8 Å². The summed E-state index contributed by atoms with van der Waals surface area (Å²) in [5.41, 5.74) is 1.26. The summed E-state index contributed by atoms with van der Waals surface area (Å²) in [6.07, 6.45) is 1.12. The van der Waals surface area contributed by atoms with Crippen LogP contribution in [0.3, 0.4) is 0 Å². The van der Waals surface area contributed by atoms with Crippen molar-refractivity contribution in [2.75, 3.05) is 24.4 Å². The number of carbonyl (C=O) groups is 3. The number of hydrogen-bond acceptors (Lipinski definition) is 6. The molecule has 2 heterocycles. The molecule has 26 heavy (non-hydrogen) atoms. The summed E-state index contributed by atoms with van der Waals surface area (Å²) < 4.78 is 10.0. The first-order valence-electron chi connectivity index (χ1n) is 8.08. The standard InChI is InChI=1S/C18H18N2O5S/c1-24-18(23)15-13(7-9-26-15)20-16(21)11-4-2-5-12(10-11)19-17(22)14-6-3-8-25-14/h2,4-5,7,9-10,14H,3,6,8H2,1H3,(H,19,22)(H,20,21)/t14-/m0/s1. The molecule has 0 unspecified atom stereocenters. The van der Waals surface area contributed by atoms with Gasteiger partial charge >= 0.3 is 5.97 Å². The molecule has 0 bridgehead atoms. The summed E-state index contributed by atoms with van der Waals surface area (Å²) in [5.74, 6) is -1.11. The molecule has 1 saturated heterocycles. The lowest BCUT2D eigenvalue weighted by atomic mass is 10.1. The Morgan fingerprint density at radius 1 is 1.23 bits per heavy atom. The number of esters is 1. The van der Waals surface area contributed by atoms with Gasteiger partial charge in [-0.2, -0.15) is 0 Å². The highest BCUT2D eigenvalue weighted by Crippen LogP contribution is 2.24. The zero-order valence-corrected chi connectivity index (χ0v) is 14.9. The third-order valence-corrected chi connectivity index (χ3v) is 4.79. The molecule has 0 aliphatic carbocycles. The highest BCUT2D eigenvalue weighted by Gasteiger charge is 2.23. The van der Waals surface area contributed by atoms with E-state index >= 15 is 0 Å². The summed E-state index contributed by atoms with van der Waals surface area (Å²) in [6, 6.07) is 8.22. The van der Waals surface area contributed by atoms with Gasteiger partial charge in [0.2, 0.25) is 0 Å². The van der Waals surface area contributed by atoms with Gasteiger partial charge in [-0.05, 0) is 42.5 Å². The summed E-state index contributed by atoms with van der Waals surface area (Å²) in [5, 5.41) is 7.15. The minimum absolute atomic E-state index is 0.217. The first-order chi connectivity index (χ1) is 12.6. The van der Waals surface area contributed by atoms with Crippen molar-refractivity contribution in [1.82, 2.24) is 0 Å². The molecule has 136 valence electrons. The number of benzene rings is 1. The fraction of sp³-hybridized carbons (Fsp3) is 0.278. The zero-order chi connectivity index (χ0) is 18.5. The normalized spacial score (nSPS) is 16.1. The number of amides is 2. The quantitative estimate of drug-likeness (QED) is 0.785. The molecule has 1 aliphatic heterocycles. The Morgan fingerprint density at radius 2 is 2.08 bits per heavy atom. The number of thiophene rings is 1. The van der Waals surface area contributed by atoms with Gasteiger partial charge in [-0.3, -0.25) is 9.59 Å². The number of anilines is 2. The Hall–Kier alpha value is -2.71. The highest BCUT2D eigenvalue weighted by atomic mass is 32.1. The number of ether oxygens (including phenoxy) is 2. The predicted molar refractivity (Wildman–Crippen MR) is 97.7 cm³/mol. The van der Waals surface area contributed by atoms with E-state index in [1.165, 1.54) is 18.4 Å². The fourth-order valence-corrected chi connectivity index (χ4v) is 3.36. The highest BCUT2D eigenvalue weighted by molar-refractivity contribution is 7.12. The average molecular weight is 374 g/mol. The lowest BCUT2D eigenvalue weighted by Gasteiger charge is -2.11. The lowest BCUT2D eigenvalue weighted by molar-refractivity contribution is -0.124. The molecular formula is C18H18N2O5S.